The van der Waals surface area contributed by atoms with Crippen LogP contribution >= 0.6 is 11.6 Å². The van der Waals surface area contributed by atoms with Gasteiger partial charge in [0.15, 0.2) is 11.5 Å². The van der Waals surface area contributed by atoms with Crippen molar-refractivity contribution in [3.8, 4) is 11.5 Å². The first-order valence-electron chi connectivity index (χ1n) is 6.10. The van der Waals surface area contributed by atoms with Crippen LogP contribution < -0.4 is 9.47 Å². The van der Waals surface area contributed by atoms with Crippen LogP contribution in [0.2, 0.25) is 5.02 Å². The van der Waals surface area contributed by atoms with E-state index < -0.39 is 5.54 Å². The molecular formula is C14H16ClNO3. The van der Waals surface area contributed by atoms with Gasteiger partial charge in [0.05, 0.1) is 19.2 Å². The van der Waals surface area contributed by atoms with Gasteiger partial charge < -0.3 is 9.47 Å². The molecule has 1 aromatic rings. The predicted octanol–water partition coefficient (Wildman–Crippen LogP) is 3.38. The number of methoxy groups -OCH3 is 2. The second-order valence-electron chi connectivity index (χ2n) is 4.71. The highest BCUT2D eigenvalue weighted by atomic mass is 35.5. The van der Waals surface area contributed by atoms with Gasteiger partial charge in [-0.15, -0.1) is 0 Å². The van der Waals surface area contributed by atoms with Crippen LogP contribution in [0, 0.1) is 6.92 Å². The number of halogens is 1. The summed E-state index contributed by atoms with van der Waals surface area (Å²) in [6.45, 7) is 1.89. The van der Waals surface area contributed by atoms with Gasteiger partial charge >= 0.3 is 0 Å². The molecule has 1 saturated carbocycles. The zero-order chi connectivity index (χ0) is 14.0. The Balaban J connectivity index is 2.73. The molecule has 1 fully saturated rings. The monoisotopic (exact) mass is 281 g/mol. The molecule has 0 unspecified atom stereocenters. The van der Waals surface area contributed by atoms with E-state index in [1.54, 1.807) is 20.3 Å². The quantitative estimate of drug-likeness (QED) is 0.628. The van der Waals surface area contributed by atoms with Gasteiger partial charge in [-0.3, -0.25) is 0 Å². The number of rotatable bonds is 4. The van der Waals surface area contributed by atoms with Crippen LogP contribution in [0.25, 0.3) is 0 Å². The molecule has 0 radical (unpaired) electrons. The van der Waals surface area contributed by atoms with Crippen molar-refractivity contribution in [2.45, 2.75) is 31.7 Å². The molecule has 102 valence electrons. The summed E-state index contributed by atoms with van der Waals surface area (Å²) in [7, 11) is 3.13. The predicted molar refractivity (Wildman–Crippen MR) is 72.9 cm³/mol. The average Bonchev–Trinajstić information content (AvgIpc) is 2.37. The lowest BCUT2D eigenvalue weighted by atomic mass is 9.71. The van der Waals surface area contributed by atoms with Gasteiger partial charge in [0.25, 0.3) is 0 Å². The van der Waals surface area contributed by atoms with Crippen LogP contribution in [-0.2, 0) is 10.3 Å². The van der Waals surface area contributed by atoms with Crippen molar-refractivity contribution in [2.75, 3.05) is 14.2 Å². The molecule has 1 aliphatic rings. The smallest absolute Gasteiger partial charge is 0.235 e. The first kappa shape index (κ1) is 13.9. The molecule has 1 aliphatic carbocycles. The van der Waals surface area contributed by atoms with E-state index in [-0.39, 0.29) is 0 Å². The maximum absolute atomic E-state index is 10.7. The van der Waals surface area contributed by atoms with E-state index in [1.165, 1.54) is 0 Å². The van der Waals surface area contributed by atoms with Gasteiger partial charge in [0, 0.05) is 5.56 Å². The SMILES string of the molecule is COc1cc(C)c(Cl)c(C2(N=C=O)CCC2)c1OC. The standard InChI is InChI=1S/C14H16ClNO3/c1-9-7-10(18-2)13(19-3)11(12(9)15)14(16-8-17)5-4-6-14/h7H,4-6H2,1-3H3. The van der Waals surface area contributed by atoms with Crippen molar-refractivity contribution in [1.82, 2.24) is 0 Å². The number of nitrogens with zero attached hydrogens (tertiary/aromatic N) is 1. The van der Waals surface area contributed by atoms with E-state index in [0.29, 0.717) is 16.5 Å². The molecule has 0 aromatic heterocycles. The highest BCUT2D eigenvalue weighted by Crippen LogP contribution is 2.53. The van der Waals surface area contributed by atoms with E-state index in [2.05, 4.69) is 4.99 Å². The minimum absolute atomic E-state index is 0.553. The number of aliphatic imine (C=N–C) groups is 1. The molecule has 0 bridgehead atoms. The van der Waals surface area contributed by atoms with Crippen molar-refractivity contribution in [2.24, 2.45) is 4.99 Å². The summed E-state index contributed by atoms with van der Waals surface area (Å²) in [5.41, 5.74) is 1.01. The maximum Gasteiger partial charge on any atom is 0.235 e. The number of hydrogen-bond acceptors (Lipinski definition) is 4. The number of hydrogen-bond donors (Lipinski definition) is 0. The lowest BCUT2D eigenvalue weighted by Crippen LogP contribution is -2.33. The summed E-state index contributed by atoms with van der Waals surface area (Å²) in [4.78, 5) is 14.7. The third-order valence-corrected chi connectivity index (χ3v) is 4.18. The van der Waals surface area contributed by atoms with Crippen LogP contribution in [-0.4, -0.2) is 20.3 Å². The first-order chi connectivity index (χ1) is 9.09. The Bertz CT molecular complexity index is 546. The molecule has 0 amide bonds. The molecule has 2 rings (SSSR count). The Morgan fingerprint density at radius 1 is 1.37 bits per heavy atom. The highest BCUT2D eigenvalue weighted by molar-refractivity contribution is 6.32. The molecular weight excluding hydrogens is 266 g/mol. The fraction of sp³-hybridized carbons (Fsp3) is 0.500. The second-order valence-corrected chi connectivity index (χ2v) is 5.08. The van der Waals surface area contributed by atoms with Crippen LogP contribution in [0.4, 0.5) is 0 Å². The Labute approximate surface area is 117 Å². The third kappa shape index (κ3) is 2.11. The number of carbonyl (C=O) groups excluding carboxylic acids is 1. The molecule has 0 spiro atoms. The van der Waals surface area contributed by atoms with Crippen LogP contribution in [0.1, 0.15) is 30.4 Å². The minimum atomic E-state index is -0.608. The number of benzene rings is 1. The molecule has 4 nitrogen and oxygen atoms in total. The van der Waals surface area contributed by atoms with E-state index in [9.17, 15) is 4.79 Å². The molecule has 0 heterocycles. The van der Waals surface area contributed by atoms with Gasteiger partial charge in [0.1, 0.15) is 5.54 Å². The van der Waals surface area contributed by atoms with Gasteiger partial charge in [0.2, 0.25) is 6.08 Å². The third-order valence-electron chi connectivity index (χ3n) is 3.69. The normalized spacial score (nSPS) is 16.2. The van der Waals surface area contributed by atoms with Crippen molar-refractivity contribution in [1.29, 1.82) is 0 Å². The average molecular weight is 282 g/mol. The van der Waals surface area contributed by atoms with Gasteiger partial charge in [-0.05, 0) is 37.8 Å². The number of isocyanates is 1. The zero-order valence-electron chi connectivity index (χ0n) is 11.2. The Morgan fingerprint density at radius 3 is 2.47 bits per heavy atom. The summed E-state index contributed by atoms with van der Waals surface area (Å²) < 4.78 is 10.8. The minimum Gasteiger partial charge on any atom is -0.493 e. The number of ether oxygens (including phenoxy) is 2. The fourth-order valence-electron chi connectivity index (χ4n) is 2.53. The summed E-state index contributed by atoms with van der Waals surface area (Å²) >= 11 is 6.41. The van der Waals surface area contributed by atoms with Gasteiger partial charge in [-0.2, -0.15) is 4.99 Å². The lowest BCUT2D eigenvalue weighted by Gasteiger charge is -2.39. The molecule has 0 N–H and O–H groups in total. The molecule has 19 heavy (non-hydrogen) atoms. The maximum atomic E-state index is 10.7. The fourth-order valence-corrected chi connectivity index (χ4v) is 2.85. The van der Waals surface area contributed by atoms with E-state index in [0.717, 1.165) is 30.4 Å². The Kier molecular flexibility index (Phi) is 3.83. The lowest BCUT2D eigenvalue weighted by molar-refractivity contribution is 0.242. The summed E-state index contributed by atoms with van der Waals surface area (Å²) in [5.74, 6) is 1.16. The van der Waals surface area contributed by atoms with E-state index in [1.807, 2.05) is 13.0 Å². The van der Waals surface area contributed by atoms with Gasteiger partial charge in [-0.25, -0.2) is 4.79 Å². The molecule has 5 heteroatoms. The zero-order valence-corrected chi connectivity index (χ0v) is 12.0. The summed E-state index contributed by atoms with van der Waals surface area (Å²) in [5, 5.41) is 0.580. The molecule has 0 atom stereocenters. The summed E-state index contributed by atoms with van der Waals surface area (Å²) in [6, 6.07) is 1.82. The second kappa shape index (κ2) is 5.24. The van der Waals surface area contributed by atoms with Crippen LogP contribution in [0.5, 0.6) is 11.5 Å². The van der Waals surface area contributed by atoms with Crippen molar-refractivity contribution in [3.05, 3.63) is 22.2 Å². The van der Waals surface area contributed by atoms with Crippen molar-refractivity contribution in [3.63, 3.8) is 0 Å². The van der Waals surface area contributed by atoms with Crippen molar-refractivity contribution >= 4 is 17.7 Å². The largest absolute Gasteiger partial charge is 0.493 e. The molecule has 0 aliphatic heterocycles. The van der Waals surface area contributed by atoms with E-state index >= 15 is 0 Å². The van der Waals surface area contributed by atoms with Gasteiger partial charge in [-0.1, -0.05) is 11.6 Å². The summed E-state index contributed by atoms with van der Waals surface area (Å²) in [6.07, 6.45) is 4.20. The molecule has 0 saturated heterocycles. The topological polar surface area (TPSA) is 47.9 Å². The van der Waals surface area contributed by atoms with Crippen LogP contribution in [0.3, 0.4) is 0 Å². The van der Waals surface area contributed by atoms with Crippen molar-refractivity contribution < 1.29 is 14.3 Å². The first-order valence-corrected chi connectivity index (χ1v) is 6.48. The van der Waals surface area contributed by atoms with Crippen LogP contribution in [0.15, 0.2) is 11.1 Å². The Hall–Kier alpha value is -1.51. The number of aryl methyl sites for hydroxylation is 1. The van der Waals surface area contributed by atoms with E-state index in [4.69, 9.17) is 21.1 Å². The highest BCUT2D eigenvalue weighted by Gasteiger charge is 2.44. The Morgan fingerprint density at radius 2 is 2.05 bits per heavy atom. The molecule has 1 aromatic carbocycles.